The maximum absolute atomic E-state index is 12.3. The molecule has 2 heterocycles. The summed E-state index contributed by atoms with van der Waals surface area (Å²) in [7, 11) is 0. The fraction of sp³-hybridized carbons (Fsp3) is 0.130. The summed E-state index contributed by atoms with van der Waals surface area (Å²) < 4.78 is 0. The molecule has 0 atom stereocenters. The third-order valence-electron chi connectivity index (χ3n) is 4.68. The monoisotopic (exact) mass is 427 g/mol. The number of carbonyl (C=O) groups excluding carboxylic acids is 2. The zero-order chi connectivity index (χ0) is 22.3. The Morgan fingerprint density at radius 3 is 2.38 bits per heavy atom. The van der Waals surface area contributed by atoms with E-state index in [1.165, 1.54) is 4.80 Å². The van der Waals surface area contributed by atoms with Crippen LogP contribution in [0.5, 0.6) is 0 Å². The Labute approximate surface area is 184 Å². The molecule has 9 nitrogen and oxygen atoms in total. The van der Waals surface area contributed by atoms with Gasteiger partial charge in [-0.3, -0.25) is 25.4 Å². The summed E-state index contributed by atoms with van der Waals surface area (Å²) in [6.45, 7) is 2.29. The second-order valence-electron chi connectivity index (χ2n) is 7.19. The summed E-state index contributed by atoms with van der Waals surface area (Å²) in [5.41, 5.74) is 8.71. The number of rotatable bonds is 6. The summed E-state index contributed by atoms with van der Waals surface area (Å²) in [6.07, 6.45) is 1.77. The van der Waals surface area contributed by atoms with Gasteiger partial charge in [0.15, 0.2) is 0 Å². The zero-order valence-electron chi connectivity index (χ0n) is 17.4. The average Bonchev–Trinajstić information content (AvgIpc) is 3.28. The van der Waals surface area contributed by atoms with Crippen molar-refractivity contribution in [2.24, 2.45) is 0 Å². The molecule has 2 aromatic heterocycles. The van der Waals surface area contributed by atoms with Crippen molar-refractivity contribution >= 4 is 11.8 Å². The number of carbonyl (C=O) groups is 2. The van der Waals surface area contributed by atoms with Gasteiger partial charge >= 0.3 is 0 Å². The number of hydrogen-bond donors (Lipinski definition) is 2. The molecule has 0 radical (unpaired) electrons. The first-order valence-electron chi connectivity index (χ1n) is 10.00. The van der Waals surface area contributed by atoms with E-state index in [1.54, 1.807) is 30.5 Å². The van der Waals surface area contributed by atoms with E-state index in [9.17, 15) is 9.59 Å². The van der Waals surface area contributed by atoms with Gasteiger partial charge in [0.2, 0.25) is 11.7 Å². The molecule has 160 valence electrons. The van der Waals surface area contributed by atoms with Gasteiger partial charge in [0.05, 0.1) is 13.0 Å². The van der Waals surface area contributed by atoms with Crippen molar-refractivity contribution in [1.82, 2.24) is 36.0 Å². The van der Waals surface area contributed by atoms with E-state index < -0.39 is 5.91 Å². The molecule has 0 saturated carbocycles. The third kappa shape index (κ3) is 5.39. The predicted molar refractivity (Wildman–Crippen MR) is 117 cm³/mol. The smallest absolute Gasteiger partial charge is 0.269 e. The predicted octanol–water partition coefficient (Wildman–Crippen LogP) is 2.10. The lowest BCUT2D eigenvalue weighted by Crippen LogP contribution is -2.42. The van der Waals surface area contributed by atoms with Crippen molar-refractivity contribution in [3.63, 3.8) is 0 Å². The van der Waals surface area contributed by atoms with E-state index >= 15 is 0 Å². The summed E-state index contributed by atoms with van der Waals surface area (Å²) in [5.74, 6) is -0.178. The molecule has 0 aliphatic carbocycles. The van der Waals surface area contributed by atoms with Gasteiger partial charge in [-0.15, -0.1) is 10.2 Å². The number of aromatic nitrogens is 5. The first-order valence-corrected chi connectivity index (χ1v) is 10.00. The maximum Gasteiger partial charge on any atom is 0.269 e. The van der Waals surface area contributed by atoms with Gasteiger partial charge in [0.25, 0.3) is 5.91 Å². The lowest BCUT2D eigenvalue weighted by atomic mass is 10.1. The van der Waals surface area contributed by atoms with Gasteiger partial charge in [-0.25, -0.2) is 0 Å². The van der Waals surface area contributed by atoms with E-state index in [2.05, 4.69) is 31.2 Å². The molecule has 4 aromatic rings. The van der Waals surface area contributed by atoms with E-state index in [4.69, 9.17) is 0 Å². The molecule has 4 rings (SSSR count). The highest BCUT2D eigenvalue weighted by molar-refractivity contribution is 5.95. The van der Waals surface area contributed by atoms with Gasteiger partial charge in [0.1, 0.15) is 0 Å². The molecule has 0 bridgehead atoms. The fourth-order valence-electron chi connectivity index (χ4n) is 2.97. The SMILES string of the molecule is Cc1ccc(CC(=O)NNC(=O)c2ccc(Cn3nnc(-c4ccccc4)n3)cc2)cn1. The normalized spacial score (nSPS) is 10.5. The molecule has 9 heteroatoms. The first kappa shape index (κ1) is 20.9. The molecule has 0 unspecified atom stereocenters. The van der Waals surface area contributed by atoms with Crippen molar-refractivity contribution in [3.05, 3.63) is 95.3 Å². The van der Waals surface area contributed by atoms with Crippen LogP contribution in [-0.4, -0.2) is 37.0 Å². The van der Waals surface area contributed by atoms with Crippen LogP contribution in [0.1, 0.15) is 27.2 Å². The van der Waals surface area contributed by atoms with E-state index in [0.29, 0.717) is 17.9 Å². The Kier molecular flexibility index (Phi) is 6.26. The van der Waals surface area contributed by atoms with E-state index in [-0.39, 0.29) is 12.3 Å². The third-order valence-corrected chi connectivity index (χ3v) is 4.68. The lowest BCUT2D eigenvalue weighted by molar-refractivity contribution is -0.121. The largest absolute Gasteiger partial charge is 0.273 e. The number of nitrogens with zero attached hydrogens (tertiary/aromatic N) is 5. The van der Waals surface area contributed by atoms with Crippen LogP contribution in [-0.2, 0) is 17.8 Å². The van der Waals surface area contributed by atoms with Crippen LogP contribution < -0.4 is 10.9 Å². The number of tetrazole rings is 1. The highest BCUT2D eigenvalue weighted by atomic mass is 16.2. The molecule has 2 amide bonds. The van der Waals surface area contributed by atoms with Gasteiger partial charge < -0.3 is 0 Å². The van der Waals surface area contributed by atoms with E-state index in [1.807, 2.05) is 49.4 Å². The molecule has 0 aliphatic rings. The average molecular weight is 427 g/mol. The maximum atomic E-state index is 12.3. The van der Waals surface area contributed by atoms with Crippen LogP contribution in [0.3, 0.4) is 0 Å². The minimum Gasteiger partial charge on any atom is -0.273 e. The Bertz CT molecular complexity index is 1200. The highest BCUT2D eigenvalue weighted by Crippen LogP contribution is 2.12. The van der Waals surface area contributed by atoms with E-state index in [0.717, 1.165) is 22.4 Å². The molecule has 0 spiro atoms. The number of hydrazine groups is 1. The van der Waals surface area contributed by atoms with Crippen molar-refractivity contribution in [3.8, 4) is 11.4 Å². The molecule has 2 N–H and O–H groups in total. The highest BCUT2D eigenvalue weighted by Gasteiger charge is 2.10. The number of hydrogen-bond acceptors (Lipinski definition) is 6. The minimum atomic E-state index is -0.405. The number of benzene rings is 2. The second-order valence-corrected chi connectivity index (χ2v) is 7.19. The van der Waals surface area contributed by atoms with Crippen LogP contribution >= 0.6 is 0 Å². The lowest BCUT2D eigenvalue weighted by Gasteiger charge is -2.08. The van der Waals surface area contributed by atoms with Gasteiger partial charge in [0, 0.05) is 23.0 Å². The van der Waals surface area contributed by atoms with Crippen LogP contribution in [0, 0.1) is 6.92 Å². The first-order chi connectivity index (χ1) is 15.6. The summed E-state index contributed by atoms with van der Waals surface area (Å²) in [6, 6.07) is 20.2. The fourth-order valence-corrected chi connectivity index (χ4v) is 2.97. The van der Waals surface area contributed by atoms with Crippen molar-refractivity contribution in [2.45, 2.75) is 19.9 Å². The number of amides is 2. The molecule has 2 aromatic carbocycles. The number of nitrogens with one attached hydrogen (secondary N) is 2. The van der Waals surface area contributed by atoms with Crippen LogP contribution in [0.4, 0.5) is 0 Å². The number of pyridine rings is 1. The van der Waals surface area contributed by atoms with Crippen LogP contribution in [0.2, 0.25) is 0 Å². The van der Waals surface area contributed by atoms with Gasteiger partial charge in [-0.1, -0.05) is 48.5 Å². The quantitative estimate of drug-likeness (QED) is 0.456. The Balaban J connectivity index is 1.29. The summed E-state index contributed by atoms with van der Waals surface area (Å²) >= 11 is 0. The molecule has 0 aliphatic heterocycles. The van der Waals surface area contributed by atoms with Crippen molar-refractivity contribution in [2.75, 3.05) is 0 Å². The topological polar surface area (TPSA) is 115 Å². The van der Waals surface area contributed by atoms with Crippen LogP contribution in [0.25, 0.3) is 11.4 Å². The summed E-state index contributed by atoms with van der Waals surface area (Å²) in [4.78, 5) is 30.0. The van der Waals surface area contributed by atoms with Crippen molar-refractivity contribution in [1.29, 1.82) is 0 Å². The standard InChI is InChI=1S/C23H21N7O2/c1-16-7-8-18(14-24-16)13-21(31)25-27-23(32)20-11-9-17(10-12-20)15-30-28-22(26-29-30)19-5-3-2-4-6-19/h2-12,14H,13,15H2,1H3,(H,25,31)(H,27,32). The Hall–Kier alpha value is -4.40. The Morgan fingerprint density at radius 1 is 0.906 bits per heavy atom. The number of aryl methyl sites for hydroxylation is 1. The minimum absolute atomic E-state index is 0.127. The van der Waals surface area contributed by atoms with Gasteiger partial charge in [-0.2, -0.15) is 4.80 Å². The molecule has 0 saturated heterocycles. The van der Waals surface area contributed by atoms with Crippen LogP contribution in [0.15, 0.2) is 72.9 Å². The zero-order valence-corrected chi connectivity index (χ0v) is 17.4. The molecule has 0 fully saturated rings. The van der Waals surface area contributed by atoms with Crippen molar-refractivity contribution < 1.29 is 9.59 Å². The Morgan fingerprint density at radius 2 is 1.66 bits per heavy atom. The molecular formula is C23H21N7O2. The van der Waals surface area contributed by atoms with Gasteiger partial charge in [-0.05, 0) is 41.5 Å². The second kappa shape index (κ2) is 9.61. The summed E-state index contributed by atoms with van der Waals surface area (Å²) in [5, 5.41) is 12.5. The molecule has 32 heavy (non-hydrogen) atoms. The molecular weight excluding hydrogens is 406 g/mol.